The molecule has 0 aliphatic carbocycles. The number of nitrogens with zero attached hydrogens (tertiary/aromatic N) is 4. The van der Waals surface area contributed by atoms with Crippen LogP contribution in [0.5, 0.6) is 0 Å². The number of thioether (sulfide) groups is 1. The molecule has 1 heterocycles. The van der Waals surface area contributed by atoms with Crippen molar-refractivity contribution in [2.45, 2.75) is 32.5 Å². The summed E-state index contributed by atoms with van der Waals surface area (Å²) in [5, 5.41) is 11.3. The summed E-state index contributed by atoms with van der Waals surface area (Å²) < 4.78 is 16.3. The van der Waals surface area contributed by atoms with Crippen molar-refractivity contribution in [2.24, 2.45) is 5.92 Å². The van der Waals surface area contributed by atoms with Crippen LogP contribution in [0.25, 0.3) is 22.2 Å². The van der Waals surface area contributed by atoms with Crippen molar-refractivity contribution in [1.29, 1.82) is 0 Å². The summed E-state index contributed by atoms with van der Waals surface area (Å²) in [4.78, 5) is 15.0. The Balaban J connectivity index is 1.59. The monoisotopic (exact) mass is 462 g/mol. The number of anilines is 1. The molecule has 1 aromatic heterocycles. The van der Waals surface area contributed by atoms with E-state index in [0.29, 0.717) is 35.6 Å². The lowest BCUT2D eigenvalue weighted by atomic mass is 10.1. The van der Waals surface area contributed by atoms with Gasteiger partial charge in [-0.05, 0) is 36.4 Å². The Morgan fingerprint density at radius 3 is 2.52 bits per heavy atom. The summed E-state index contributed by atoms with van der Waals surface area (Å²) in [6.45, 7) is 7.34. The molecular formula is C26H27FN4OS. The first-order valence-electron chi connectivity index (χ1n) is 11.1. The van der Waals surface area contributed by atoms with Crippen LogP contribution in [0.3, 0.4) is 0 Å². The third kappa shape index (κ3) is 4.93. The van der Waals surface area contributed by atoms with Gasteiger partial charge < -0.3 is 9.47 Å². The largest absolute Gasteiger partial charge is 0.311 e. The fourth-order valence-corrected chi connectivity index (χ4v) is 4.72. The number of carbonyl (C=O) groups excluding carboxylic acids is 1. The minimum absolute atomic E-state index is 0.00890. The highest BCUT2D eigenvalue weighted by atomic mass is 32.2. The van der Waals surface area contributed by atoms with Crippen LogP contribution in [0.4, 0.5) is 10.1 Å². The van der Waals surface area contributed by atoms with E-state index in [1.165, 1.54) is 17.8 Å². The van der Waals surface area contributed by atoms with Gasteiger partial charge in [-0.25, -0.2) is 4.39 Å². The maximum Gasteiger partial charge on any atom is 0.237 e. The molecule has 4 aromatic rings. The van der Waals surface area contributed by atoms with Gasteiger partial charge in [-0.3, -0.25) is 4.79 Å². The normalized spacial score (nSPS) is 11.3. The number of halogens is 1. The first-order valence-corrected chi connectivity index (χ1v) is 12.1. The van der Waals surface area contributed by atoms with Crippen LogP contribution in [0, 0.1) is 11.7 Å². The van der Waals surface area contributed by atoms with E-state index in [2.05, 4.69) is 24.0 Å². The van der Waals surface area contributed by atoms with Gasteiger partial charge in [-0.2, -0.15) is 0 Å². The van der Waals surface area contributed by atoms with E-state index < -0.39 is 0 Å². The Hall–Kier alpha value is -3.19. The maximum atomic E-state index is 14.4. The van der Waals surface area contributed by atoms with Gasteiger partial charge in [-0.15, -0.1) is 10.2 Å². The van der Waals surface area contributed by atoms with Gasteiger partial charge in [0, 0.05) is 18.5 Å². The molecule has 0 fully saturated rings. The van der Waals surface area contributed by atoms with Crippen molar-refractivity contribution in [3.8, 4) is 11.4 Å². The second kappa shape index (κ2) is 10.2. The SMILES string of the molecule is CCN(C(=O)CSc1nnc(-c2ccccc2F)n1CC(C)C)c1cccc2ccccc12. The van der Waals surface area contributed by atoms with Crippen molar-refractivity contribution in [3.63, 3.8) is 0 Å². The van der Waals surface area contributed by atoms with E-state index >= 15 is 0 Å². The standard InChI is InChI=1S/C26H27FN4OS/c1-4-30(23-15-9-11-19-10-5-6-12-20(19)23)24(32)17-33-26-29-28-25(31(26)16-18(2)3)21-13-7-8-14-22(21)27/h5-15,18H,4,16-17H2,1-3H3. The second-order valence-electron chi connectivity index (χ2n) is 8.22. The van der Waals surface area contributed by atoms with Crippen molar-refractivity contribution in [1.82, 2.24) is 14.8 Å². The number of hydrogen-bond donors (Lipinski definition) is 0. The molecule has 0 saturated heterocycles. The summed E-state index contributed by atoms with van der Waals surface area (Å²) in [5.74, 6) is 0.661. The Morgan fingerprint density at radius 2 is 1.76 bits per heavy atom. The molecule has 4 rings (SSSR count). The van der Waals surface area contributed by atoms with Crippen molar-refractivity contribution in [3.05, 3.63) is 72.5 Å². The summed E-state index contributed by atoms with van der Waals surface area (Å²) in [5.41, 5.74) is 1.31. The first-order chi connectivity index (χ1) is 16.0. The van der Waals surface area contributed by atoms with Gasteiger partial charge in [-0.1, -0.05) is 74.1 Å². The number of aromatic nitrogens is 3. The molecule has 0 atom stereocenters. The van der Waals surface area contributed by atoms with E-state index in [-0.39, 0.29) is 17.5 Å². The Bertz CT molecular complexity index is 1260. The summed E-state index contributed by atoms with van der Waals surface area (Å²) in [6.07, 6.45) is 0. The van der Waals surface area contributed by atoms with E-state index in [1.807, 2.05) is 54.0 Å². The fraction of sp³-hybridized carbons (Fsp3) is 0.269. The van der Waals surface area contributed by atoms with Crippen LogP contribution >= 0.6 is 11.8 Å². The third-order valence-electron chi connectivity index (χ3n) is 5.38. The minimum atomic E-state index is -0.337. The topological polar surface area (TPSA) is 51.0 Å². The predicted molar refractivity (Wildman–Crippen MR) is 133 cm³/mol. The quantitative estimate of drug-likeness (QED) is 0.300. The number of hydrogen-bond acceptors (Lipinski definition) is 4. The molecule has 0 aliphatic rings. The zero-order chi connectivity index (χ0) is 23.4. The zero-order valence-corrected chi connectivity index (χ0v) is 19.8. The first kappa shape index (κ1) is 23.0. The molecular weight excluding hydrogens is 435 g/mol. The van der Waals surface area contributed by atoms with Crippen molar-refractivity contribution in [2.75, 3.05) is 17.2 Å². The molecule has 0 radical (unpaired) electrons. The molecule has 0 bridgehead atoms. The maximum absolute atomic E-state index is 14.4. The summed E-state index contributed by atoms with van der Waals surface area (Å²) in [6, 6.07) is 20.6. The summed E-state index contributed by atoms with van der Waals surface area (Å²) >= 11 is 1.34. The molecule has 170 valence electrons. The zero-order valence-electron chi connectivity index (χ0n) is 19.0. The third-order valence-corrected chi connectivity index (χ3v) is 6.33. The lowest BCUT2D eigenvalue weighted by Crippen LogP contribution is -2.32. The molecule has 0 spiro atoms. The van der Waals surface area contributed by atoms with Crippen LogP contribution in [0.1, 0.15) is 20.8 Å². The lowest BCUT2D eigenvalue weighted by molar-refractivity contribution is -0.116. The van der Waals surface area contributed by atoms with Gasteiger partial charge in [0.15, 0.2) is 11.0 Å². The van der Waals surface area contributed by atoms with E-state index in [1.54, 1.807) is 23.1 Å². The van der Waals surface area contributed by atoms with Gasteiger partial charge in [0.2, 0.25) is 5.91 Å². The molecule has 0 unspecified atom stereocenters. The average molecular weight is 463 g/mol. The van der Waals surface area contributed by atoms with Crippen LogP contribution in [0.2, 0.25) is 0 Å². The van der Waals surface area contributed by atoms with Gasteiger partial charge in [0.05, 0.1) is 17.0 Å². The molecule has 33 heavy (non-hydrogen) atoms. The molecule has 0 saturated carbocycles. The number of rotatable bonds is 8. The fourth-order valence-electron chi connectivity index (χ4n) is 3.90. The molecule has 3 aromatic carbocycles. The van der Waals surface area contributed by atoms with Crippen LogP contribution in [-0.4, -0.2) is 33.0 Å². The number of fused-ring (bicyclic) bond motifs is 1. The minimum Gasteiger partial charge on any atom is -0.311 e. The molecule has 0 aliphatic heterocycles. The van der Waals surface area contributed by atoms with Crippen molar-refractivity contribution < 1.29 is 9.18 Å². The van der Waals surface area contributed by atoms with E-state index in [9.17, 15) is 9.18 Å². The van der Waals surface area contributed by atoms with Crippen molar-refractivity contribution >= 4 is 34.1 Å². The number of benzene rings is 3. The van der Waals surface area contributed by atoms with E-state index in [4.69, 9.17) is 0 Å². The molecule has 7 heteroatoms. The van der Waals surface area contributed by atoms with Gasteiger partial charge >= 0.3 is 0 Å². The number of amides is 1. The Labute approximate surface area is 197 Å². The molecule has 5 nitrogen and oxygen atoms in total. The molecule has 0 N–H and O–H groups in total. The number of carbonyl (C=O) groups is 1. The van der Waals surface area contributed by atoms with Crippen LogP contribution in [-0.2, 0) is 11.3 Å². The molecule has 1 amide bonds. The van der Waals surface area contributed by atoms with Gasteiger partial charge in [0.25, 0.3) is 0 Å². The predicted octanol–water partition coefficient (Wildman–Crippen LogP) is 6.04. The average Bonchev–Trinajstić information content (AvgIpc) is 3.20. The highest BCUT2D eigenvalue weighted by Crippen LogP contribution is 2.30. The Morgan fingerprint density at radius 1 is 1.03 bits per heavy atom. The second-order valence-corrected chi connectivity index (χ2v) is 9.16. The lowest BCUT2D eigenvalue weighted by Gasteiger charge is -2.22. The Kier molecular flexibility index (Phi) is 7.08. The highest BCUT2D eigenvalue weighted by molar-refractivity contribution is 7.99. The smallest absolute Gasteiger partial charge is 0.237 e. The van der Waals surface area contributed by atoms with Gasteiger partial charge in [0.1, 0.15) is 5.82 Å². The highest BCUT2D eigenvalue weighted by Gasteiger charge is 2.21. The van der Waals surface area contributed by atoms with Crippen LogP contribution < -0.4 is 4.90 Å². The van der Waals surface area contributed by atoms with Crippen LogP contribution in [0.15, 0.2) is 71.9 Å². The summed E-state index contributed by atoms with van der Waals surface area (Å²) in [7, 11) is 0. The van der Waals surface area contributed by atoms with E-state index in [0.717, 1.165) is 16.5 Å².